The minimum Gasteiger partial charge on any atom is -0.346 e. The molecule has 1 aliphatic heterocycles. The molecule has 1 rings (SSSR count). The van der Waals surface area contributed by atoms with E-state index in [9.17, 15) is 0 Å². The van der Waals surface area contributed by atoms with Crippen LogP contribution in [-0.4, -0.2) is 19.0 Å². The van der Waals surface area contributed by atoms with E-state index in [1.54, 1.807) is 0 Å². The van der Waals surface area contributed by atoms with Gasteiger partial charge in [0.05, 0.1) is 13.2 Å². The second kappa shape index (κ2) is 3.43. The molecule has 1 fully saturated rings. The molecule has 0 amide bonds. The SMILES string of the molecule is C/C=C(\C)C1(C)OCC(C)(C)CO1. The lowest BCUT2D eigenvalue weighted by molar-refractivity contribution is -0.268. The highest BCUT2D eigenvalue weighted by atomic mass is 16.7. The fourth-order valence-electron chi connectivity index (χ4n) is 1.24. The van der Waals surface area contributed by atoms with Crippen molar-refractivity contribution in [2.24, 2.45) is 5.41 Å². The highest BCUT2D eigenvalue weighted by Gasteiger charge is 2.37. The molecule has 2 heteroatoms. The Kier molecular flexibility index (Phi) is 2.83. The van der Waals surface area contributed by atoms with E-state index in [4.69, 9.17) is 9.47 Å². The fourth-order valence-corrected chi connectivity index (χ4v) is 1.24. The van der Waals surface area contributed by atoms with Gasteiger partial charge in [-0.05, 0) is 26.3 Å². The van der Waals surface area contributed by atoms with Gasteiger partial charge in [0, 0.05) is 5.41 Å². The number of hydrogen-bond donors (Lipinski definition) is 0. The number of hydrogen-bond acceptors (Lipinski definition) is 2. The molecule has 0 aromatic rings. The molecule has 0 atom stereocenters. The molecular formula is C11H20O2. The first-order valence-electron chi connectivity index (χ1n) is 4.81. The van der Waals surface area contributed by atoms with Gasteiger partial charge in [0.1, 0.15) is 0 Å². The largest absolute Gasteiger partial charge is 0.346 e. The molecule has 0 bridgehead atoms. The predicted molar refractivity (Wildman–Crippen MR) is 53.5 cm³/mol. The van der Waals surface area contributed by atoms with Crippen LogP contribution in [0.4, 0.5) is 0 Å². The van der Waals surface area contributed by atoms with Gasteiger partial charge in [0.15, 0.2) is 5.79 Å². The van der Waals surface area contributed by atoms with Crippen LogP contribution in [0.1, 0.15) is 34.6 Å². The average molecular weight is 184 g/mol. The van der Waals surface area contributed by atoms with Gasteiger partial charge < -0.3 is 9.47 Å². The van der Waals surface area contributed by atoms with Gasteiger partial charge in [-0.1, -0.05) is 19.9 Å². The molecule has 0 saturated carbocycles. The van der Waals surface area contributed by atoms with Crippen molar-refractivity contribution in [2.75, 3.05) is 13.2 Å². The van der Waals surface area contributed by atoms with Crippen molar-refractivity contribution in [2.45, 2.75) is 40.4 Å². The average Bonchev–Trinajstić information content (AvgIpc) is 2.09. The summed E-state index contributed by atoms with van der Waals surface area (Å²) in [6.45, 7) is 11.8. The second-order valence-electron chi connectivity index (χ2n) is 4.66. The lowest BCUT2D eigenvalue weighted by atomic mass is 9.94. The normalized spacial score (nSPS) is 27.3. The van der Waals surface area contributed by atoms with E-state index in [1.165, 1.54) is 0 Å². The Morgan fingerprint density at radius 3 is 2.00 bits per heavy atom. The number of allylic oxidation sites excluding steroid dienone is 1. The van der Waals surface area contributed by atoms with Gasteiger partial charge in [-0.15, -0.1) is 0 Å². The highest BCUT2D eigenvalue weighted by molar-refractivity contribution is 5.08. The summed E-state index contributed by atoms with van der Waals surface area (Å²) in [4.78, 5) is 0. The van der Waals surface area contributed by atoms with Crippen LogP contribution < -0.4 is 0 Å². The minimum atomic E-state index is -0.496. The van der Waals surface area contributed by atoms with Crippen molar-refractivity contribution < 1.29 is 9.47 Å². The van der Waals surface area contributed by atoms with E-state index in [-0.39, 0.29) is 5.41 Å². The van der Waals surface area contributed by atoms with Crippen molar-refractivity contribution in [3.05, 3.63) is 11.6 Å². The molecule has 0 unspecified atom stereocenters. The Labute approximate surface area is 80.9 Å². The Hall–Kier alpha value is -0.340. The maximum Gasteiger partial charge on any atom is 0.187 e. The number of ether oxygens (including phenoxy) is 2. The van der Waals surface area contributed by atoms with Crippen LogP contribution in [0.2, 0.25) is 0 Å². The molecule has 76 valence electrons. The summed E-state index contributed by atoms with van der Waals surface area (Å²) in [5.74, 6) is -0.496. The summed E-state index contributed by atoms with van der Waals surface area (Å²) < 4.78 is 11.5. The zero-order chi connectivity index (χ0) is 10.1. The third kappa shape index (κ3) is 2.32. The van der Waals surface area contributed by atoms with Crippen LogP contribution in [-0.2, 0) is 9.47 Å². The van der Waals surface area contributed by atoms with Crippen LogP contribution in [0, 0.1) is 5.41 Å². The molecule has 1 saturated heterocycles. The third-order valence-corrected chi connectivity index (χ3v) is 2.63. The molecule has 0 aliphatic carbocycles. The number of rotatable bonds is 1. The smallest absolute Gasteiger partial charge is 0.187 e. The second-order valence-corrected chi connectivity index (χ2v) is 4.66. The standard InChI is InChI=1S/C11H20O2/c1-6-9(2)11(5)12-7-10(3,4)8-13-11/h6H,7-8H2,1-5H3/b9-6+. The van der Waals surface area contributed by atoms with E-state index < -0.39 is 5.79 Å². The minimum absolute atomic E-state index is 0.146. The molecule has 2 nitrogen and oxygen atoms in total. The van der Waals surface area contributed by atoms with Crippen LogP contribution >= 0.6 is 0 Å². The lowest BCUT2D eigenvalue weighted by Gasteiger charge is -2.42. The molecular weight excluding hydrogens is 164 g/mol. The van der Waals surface area contributed by atoms with Crippen molar-refractivity contribution in [3.63, 3.8) is 0 Å². The van der Waals surface area contributed by atoms with Gasteiger partial charge in [-0.25, -0.2) is 0 Å². The maximum absolute atomic E-state index is 5.74. The Morgan fingerprint density at radius 2 is 1.62 bits per heavy atom. The van der Waals surface area contributed by atoms with Gasteiger partial charge in [0.2, 0.25) is 0 Å². The van der Waals surface area contributed by atoms with Crippen LogP contribution in [0.5, 0.6) is 0 Å². The highest BCUT2D eigenvalue weighted by Crippen LogP contribution is 2.33. The van der Waals surface area contributed by atoms with Crippen molar-refractivity contribution >= 4 is 0 Å². The summed E-state index contributed by atoms with van der Waals surface area (Å²) in [6, 6.07) is 0. The van der Waals surface area contributed by atoms with E-state index in [0.717, 1.165) is 18.8 Å². The van der Waals surface area contributed by atoms with Crippen LogP contribution in [0.15, 0.2) is 11.6 Å². The summed E-state index contributed by atoms with van der Waals surface area (Å²) in [5.41, 5.74) is 1.29. The fraction of sp³-hybridized carbons (Fsp3) is 0.818. The summed E-state index contributed by atoms with van der Waals surface area (Å²) >= 11 is 0. The zero-order valence-corrected chi connectivity index (χ0v) is 9.31. The van der Waals surface area contributed by atoms with Gasteiger partial charge in [0.25, 0.3) is 0 Å². The molecule has 1 heterocycles. The summed E-state index contributed by atoms with van der Waals surface area (Å²) in [5, 5.41) is 0. The molecule has 13 heavy (non-hydrogen) atoms. The van der Waals surface area contributed by atoms with Crippen LogP contribution in [0.3, 0.4) is 0 Å². The molecule has 0 aromatic carbocycles. The first-order valence-corrected chi connectivity index (χ1v) is 4.81. The monoisotopic (exact) mass is 184 g/mol. The van der Waals surface area contributed by atoms with Crippen LogP contribution in [0.25, 0.3) is 0 Å². The first kappa shape index (κ1) is 10.7. The van der Waals surface area contributed by atoms with E-state index in [0.29, 0.717) is 0 Å². The summed E-state index contributed by atoms with van der Waals surface area (Å²) in [7, 11) is 0. The Morgan fingerprint density at radius 1 is 1.15 bits per heavy atom. The molecule has 0 aromatic heterocycles. The van der Waals surface area contributed by atoms with Crippen molar-refractivity contribution in [3.8, 4) is 0 Å². The predicted octanol–water partition coefficient (Wildman–Crippen LogP) is 2.74. The first-order chi connectivity index (χ1) is 5.90. The maximum atomic E-state index is 5.74. The zero-order valence-electron chi connectivity index (χ0n) is 9.31. The summed E-state index contributed by atoms with van der Waals surface area (Å²) in [6.07, 6.45) is 2.04. The van der Waals surface area contributed by atoms with Gasteiger partial charge in [-0.3, -0.25) is 0 Å². The third-order valence-electron chi connectivity index (χ3n) is 2.63. The molecule has 0 N–H and O–H groups in total. The quantitative estimate of drug-likeness (QED) is 0.583. The Bertz CT molecular complexity index is 206. The Balaban J connectivity index is 2.67. The van der Waals surface area contributed by atoms with Gasteiger partial charge >= 0.3 is 0 Å². The molecule has 0 spiro atoms. The van der Waals surface area contributed by atoms with E-state index in [1.807, 2.05) is 26.8 Å². The van der Waals surface area contributed by atoms with E-state index in [2.05, 4.69) is 13.8 Å². The van der Waals surface area contributed by atoms with Gasteiger partial charge in [-0.2, -0.15) is 0 Å². The molecule has 0 radical (unpaired) electrons. The lowest BCUT2D eigenvalue weighted by Crippen LogP contribution is -2.46. The van der Waals surface area contributed by atoms with Crippen molar-refractivity contribution in [1.82, 2.24) is 0 Å². The van der Waals surface area contributed by atoms with Crippen molar-refractivity contribution in [1.29, 1.82) is 0 Å². The molecule has 1 aliphatic rings. The topological polar surface area (TPSA) is 18.5 Å². The van der Waals surface area contributed by atoms with E-state index >= 15 is 0 Å².